The third-order valence-corrected chi connectivity index (χ3v) is 1.32. The van der Waals surface area contributed by atoms with E-state index in [4.69, 9.17) is 0 Å². The Hall–Kier alpha value is -2.09. The number of esters is 1. The number of carbonyl (C=O) groups excluding carboxylic acids is 1. The van der Waals surface area contributed by atoms with Crippen LogP contribution in [-0.4, -0.2) is 13.1 Å². The van der Waals surface area contributed by atoms with E-state index in [-0.39, 0.29) is 5.82 Å². The Kier molecular flexibility index (Phi) is 3.44. The quantitative estimate of drug-likeness (QED) is 0.391. The van der Waals surface area contributed by atoms with Crippen molar-refractivity contribution in [3.8, 4) is 6.07 Å². The zero-order valence-electron chi connectivity index (χ0n) is 7.40. The number of rotatable bonds is 1. The molecule has 5 heteroatoms. The SMILES string of the molecule is COC(=O)C#[N+][N-]c1ccc(F)cc1. The van der Waals surface area contributed by atoms with Crippen LogP contribution in [0.4, 0.5) is 10.1 Å². The van der Waals surface area contributed by atoms with Crippen LogP contribution >= 0.6 is 0 Å². The second-order valence-corrected chi connectivity index (χ2v) is 2.28. The molecule has 0 unspecified atom stereocenters. The molecule has 1 aromatic rings. The van der Waals surface area contributed by atoms with E-state index in [0.29, 0.717) is 5.69 Å². The van der Waals surface area contributed by atoms with Gasteiger partial charge >= 0.3 is 12.0 Å². The van der Waals surface area contributed by atoms with Crippen molar-refractivity contribution in [1.82, 2.24) is 0 Å². The number of carbonyl (C=O) groups is 1. The Balaban J connectivity index is 2.56. The van der Waals surface area contributed by atoms with E-state index < -0.39 is 5.97 Å². The molecule has 0 saturated carbocycles. The summed E-state index contributed by atoms with van der Waals surface area (Å²) < 4.78 is 16.7. The van der Waals surface area contributed by atoms with E-state index in [1.54, 1.807) is 0 Å². The number of nitrogens with zero attached hydrogens (tertiary/aromatic N) is 2. The van der Waals surface area contributed by atoms with Crippen molar-refractivity contribution in [2.24, 2.45) is 0 Å². The van der Waals surface area contributed by atoms with Gasteiger partial charge in [-0.3, -0.25) is 5.43 Å². The first kappa shape index (κ1) is 9.99. The van der Waals surface area contributed by atoms with E-state index in [1.807, 2.05) is 6.07 Å². The minimum absolute atomic E-state index is 0.357. The van der Waals surface area contributed by atoms with E-state index in [1.165, 1.54) is 31.4 Å². The van der Waals surface area contributed by atoms with Crippen LogP contribution < -0.4 is 0 Å². The number of halogens is 1. The molecule has 0 spiro atoms. The molecule has 0 aromatic heterocycles. The number of methoxy groups -OCH3 is 1. The lowest BCUT2D eigenvalue weighted by Crippen LogP contribution is -1.93. The summed E-state index contributed by atoms with van der Waals surface area (Å²) in [5, 5.41) is 0. The molecule has 0 radical (unpaired) electrons. The highest BCUT2D eigenvalue weighted by Crippen LogP contribution is 2.17. The lowest BCUT2D eigenvalue weighted by Gasteiger charge is -1.98. The summed E-state index contributed by atoms with van der Waals surface area (Å²) in [6.45, 7) is 0. The van der Waals surface area contributed by atoms with Gasteiger partial charge in [0.1, 0.15) is 5.82 Å². The van der Waals surface area contributed by atoms with Gasteiger partial charge in [-0.2, -0.15) is 0 Å². The first-order chi connectivity index (χ1) is 6.72. The Morgan fingerprint density at radius 1 is 1.50 bits per heavy atom. The van der Waals surface area contributed by atoms with Crippen LogP contribution in [0.3, 0.4) is 0 Å². The lowest BCUT2D eigenvalue weighted by molar-refractivity contribution is -0.133. The Morgan fingerprint density at radius 3 is 2.71 bits per heavy atom. The van der Waals surface area contributed by atoms with E-state index in [0.717, 1.165) is 0 Å². The minimum atomic E-state index is -0.712. The Morgan fingerprint density at radius 2 is 2.14 bits per heavy atom. The van der Waals surface area contributed by atoms with Crippen LogP contribution in [0.25, 0.3) is 10.4 Å². The van der Waals surface area contributed by atoms with Gasteiger partial charge in [0.15, 0.2) is 0 Å². The van der Waals surface area contributed by atoms with Crippen LogP contribution in [0.15, 0.2) is 24.3 Å². The van der Waals surface area contributed by atoms with Gasteiger partial charge in [0.25, 0.3) is 0 Å². The predicted molar refractivity (Wildman–Crippen MR) is 48.7 cm³/mol. The smallest absolute Gasteiger partial charge is 0.455 e. The van der Waals surface area contributed by atoms with E-state index in [2.05, 4.69) is 15.1 Å². The molecular formula is C9H7FN2O2. The van der Waals surface area contributed by atoms with Crippen LogP contribution in [0.5, 0.6) is 0 Å². The monoisotopic (exact) mass is 194 g/mol. The first-order valence-electron chi connectivity index (χ1n) is 3.72. The second-order valence-electron chi connectivity index (χ2n) is 2.28. The third kappa shape index (κ3) is 3.11. The highest BCUT2D eigenvalue weighted by molar-refractivity contribution is 5.87. The first-order valence-corrected chi connectivity index (χ1v) is 3.72. The maximum Gasteiger partial charge on any atom is 0.459 e. The van der Waals surface area contributed by atoms with Crippen molar-refractivity contribution in [3.63, 3.8) is 0 Å². The summed E-state index contributed by atoms with van der Waals surface area (Å²) in [5.74, 6) is -1.07. The molecule has 1 rings (SSSR count). The van der Waals surface area contributed by atoms with Crippen molar-refractivity contribution < 1.29 is 13.9 Å². The minimum Gasteiger partial charge on any atom is -0.455 e. The van der Waals surface area contributed by atoms with Gasteiger partial charge in [-0.05, 0) is 12.1 Å². The van der Waals surface area contributed by atoms with Gasteiger partial charge < -0.3 is 4.74 Å². The molecule has 0 amide bonds. The highest BCUT2D eigenvalue weighted by Gasteiger charge is 1.98. The van der Waals surface area contributed by atoms with Crippen molar-refractivity contribution in [2.45, 2.75) is 0 Å². The summed E-state index contributed by atoms with van der Waals surface area (Å²) >= 11 is 0. The average molecular weight is 194 g/mol. The summed E-state index contributed by atoms with van der Waals surface area (Å²) in [4.78, 5) is 13.8. The number of hydrogen-bond donors (Lipinski definition) is 0. The summed E-state index contributed by atoms with van der Waals surface area (Å²) in [5.41, 5.74) is 4.01. The van der Waals surface area contributed by atoms with Gasteiger partial charge in [-0.1, -0.05) is 22.8 Å². The summed E-state index contributed by atoms with van der Waals surface area (Å²) in [6.07, 6.45) is 0. The fourth-order valence-corrected chi connectivity index (χ4v) is 0.677. The molecule has 0 bridgehead atoms. The zero-order valence-corrected chi connectivity index (χ0v) is 7.40. The summed E-state index contributed by atoms with van der Waals surface area (Å²) in [7, 11) is 1.21. The second kappa shape index (κ2) is 4.82. The van der Waals surface area contributed by atoms with Crippen LogP contribution in [0.2, 0.25) is 0 Å². The van der Waals surface area contributed by atoms with Gasteiger partial charge in [0, 0.05) is 0 Å². The average Bonchev–Trinajstić information content (AvgIpc) is 2.21. The van der Waals surface area contributed by atoms with Gasteiger partial charge in [0.05, 0.1) is 7.11 Å². The maximum absolute atomic E-state index is 12.4. The van der Waals surface area contributed by atoms with Crippen molar-refractivity contribution in [2.75, 3.05) is 7.11 Å². The molecule has 0 N–H and O–H groups in total. The van der Waals surface area contributed by atoms with Crippen LogP contribution in [0, 0.1) is 11.9 Å². The standard InChI is InChI=1S/C9H7FN2O2/c1-14-9(13)6-11-12-8-4-2-7(10)3-5-8/h2-5H,1H3. The maximum atomic E-state index is 12.4. The van der Waals surface area contributed by atoms with Crippen molar-refractivity contribution in [3.05, 3.63) is 40.5 Å². The molecule has 72 valence electrons. The molecule has 0 heterocycles. The van der Waals surface area contributed by atoms with Gasteiger partial charge in [0.2, 0.25) is 0 Å². The molecule has 0 fully saturated rings. The van der Waals surface area contributed by atoms with Gasteiger partial charge in [-0.15, -0.1) is 0 Å². The molecule has 1 aromatic carbocycles. The number of ether oxygens (including phenoxy) is 1. The highest BCUT2D eigenvalue weighted by atomic mass is 19.1. The predicted octanol–water partition coefficient (Wildman–Crippen LogP) is 2.25. The fraction of sp³-hybridized carbons (Fsp3) is 0.111. The van der Waals surface area contributed by atoms with E-state index in [9.17, 15) is 9.18 Å². The Labute approximate surface area is 80.1 Å². The Bertz CT molecular complexity index is 378. The number of benzene rings is 1. The molecule has 0 atom stereocenters. The van der Waals surface area contributed by atoms with Crippen LogP contribution in [-0.2, 0) is 9.53 Å². The molecule has 0 aliphatic carbocycles. The zero-order chi connectivity index (χ0) is 10.4. The number of hydrogen-bond acceptors (Lipinski definition) is 2. The largest absolute Gasteiger partial charge is 0.459 e. The topological polar surface area (TPSA) is 44.8 Å². The van der Waals surface area contributed by atoms with Crippen LogP contribution in [0.1, 0.15) is 0 Å². The molecular weight excluding hydrogens is 187 g/mol. The van der Waals surface area contributed by atoms with Crippen molar-refractivity contribution >= 4 is 11.7 Å². The fourth-order valence-electron chi connectivity index (χ4n) is 0.677. The van der Waals surface area contributed by atoms with Gasteiger partial charge in [-0.25, -0.2) is 9.18 Å². The normalized spacial score (nSPS) is 8.43. The molecule has 14 heavy (non-hydrogen) atoms. The molecule has 0 aliphatic rings. The summed E-state index contributed by atoms with van der Waals surface area (Å²) in [6, 6.07) is 7.34. The van der Waals surface area contributed by atoms with E-state index >= 15 is 0 Å². The van der Waals surface area contributed by atoms with Crippen molar-refractivity contribution in [1.29, 1.82) is 0 Å². The molecule has 0 aliphatic heterocycles. The molecule has 4 nitrogen and oxygen atoms in total. The lowest BCUT2D eigenvalue weighted by atomic mass is 10.3. The third-order valence-electron chi connectivity index (χ3n) is 1.32. The molecule has 0 saturated heterocycles.